The van der Waals surface area contributed by atoms with Crippen molar-refractivity contribution in [3.05, 3.63) is 12.2 Å². The molecule has 0 saturated carbocycles. The fourth-order valence-corrected chi connectivity index (χ4v) is 2.56. The topological polar surface area (TPSA) is 83.8 Å². The molecule has 0 rings (SSSR count). The van der Waals surface area contributed by atoms with Gasteiger partial charge in [-0.25, -0.2) is 9.59 Å². The van der Waals surface area contributed by atoms with E-state index in [1.165, 1.54) is 44.9 Å². The molecule has 0 aromatic heterocycles. The van der Waals surface area contributed by atoms with Gasteiger partial charge in [0.1, 0.15) is 6.10 Å². The molecule has 5 heteroatoms. The quantitative estimate of drug-likeness (QED) is 0.266. The van der Waals surface area contributed by atoms with Crippen molar-refractivity contribution in [3.8, 4) is 0 Å². The fourth-order valence-electron chi connectivity index (χ4n) is 2.56. The van der Waals surface area contributed by atoms with Crippen molar-refractivity contribution in [2.24, 2.45) is 5.92 Å². The van der Waals surface area contributed by atoms with Crippen LogP contribution in [0.2, 0.25) is 0 Å². The van der Waals surface area contributed by atoms with Crippen molar-refractivity contribution in [1.29, 1.82) is 0 Å². The van der Waals surface area contributed by atoms with Crippen LogP contribution < -0.4 is 0 Å². The summed E-state index contributed by atoms with van der Waals surface area (Å²) in [5, 5.41) is 17.8. The van der Waals surface area contributed by atoms with Gasteiger partial charge < -0.3 is 14.9 Å². The smallest absolute Gasteiger partial charge is 0.331 e. The first kappa shape index (κ1) is 22.6. The zero-order valence-corrected chi connectivity index (χ0v) is 15.2. The average molecular weight is 342 g/mol. The Bertz CT molecular complexity index is 365. The van der Waals surface area contributed by atoms with E-state index < -0.39 is 11.9 Å². The van der Waals surface area contributed by atoms with Crippen LogP contribution in [0, 0.1) is 5.92 Å². The van der Waals surface area contributed by atoms with Gasteiger partial charge in [-0.2, -0.15) is 0 Å². The molecule has 0 saturated heterocycles. The molecule has 0 heterocycles. The molecule has 0 aromatic carbocycles. The summed E-state index contributed by atoms with van der Waals surface area (Å²) in [6.45, 7) is 3.98. The van der Waals surface area contributed by atoms with Gasteiger partial charge in [0.25, 0.3) is 0 Å². The maximum Gasteiger partial charge on any atom is 0.331 e. The maximum absolute atomic E-state index is 11.6. The highest BCUT2D eigenvalue weighted by Gasteiger charge is 2.19. The Morgan fingerprint density at radius 3 is 2.00 bits per heavy atom. The minimum absolute atomic E-state index is 0.0575. The van der Waals surface area contributed by atoms with Crippen molar-refractivity contribution >= 4 is 11.9 Å². The normalized spacial score (nSPS) is 13.8. The number of hydrogen-bond acceptors (Lipinski definition) is 4. The molecule has 0 aliphatic heterocycles. The van der Waals surface area contributed by atoms with E-state index in [0.29, 0.717) is 6.42 Å². The number of carbonyl (C=O) groups excluding carboxylic acids is 1. The SMILES string of the molecule is CCCCCCCCCCCC(OC(=O)C=CC(=O)O)C(C)CO. The van der Waals surface area contributed by atoms with E-state index in [-0.39, 0.29) is 18.6 Å². The summed E-state index contributed by atoms with van der Waals surface area (Å²) < 4.78 is 5.28. The molecule has 2 atom stereocenters. The first-order valence-electron chi connectivity index (χ1n) is 9.23. The molecule has 0 aromatic rings. The number of aliphatic carboxylic acids is 1. The third kappa shape index (κ3) is 13.1. The number of carbonyl (C=O) groups is 2. The zero-order valence-electron chi connectivity index (χ0n) is 15.2. The summed E-state index contributed by atoms with van der Waals surface area (Å²) in [4.78, 5) is 22.0. The molecule has 0 radical (unpaired) electrons. The van der Waals surface area contributed by atoms with Crippen molar-refractivity contribution < 1.29 is 24.5 Å². The van der Waals surface area contributed by atoms with Gasteiger partial charge in [-0.3, -0.25) is 0 Å². The van der Waals surface area contributed by atoms with E-state index in [1.54, 1.807) is 0 Å². The Kier molecular flexibility index (Phi) is 14.3. The number of carboxylic acids is 1. The number of hydrogen-bond donors (Lipinski definition) is 2. The highest BCUT2D eigenvalue weighted by atomic mass is 16.5. The molecular weight excluding hydrogens is 308 g/mol. The fraction of sp³-hybridized carbons (Fsp3) is 0.789. The van der Waals surface area contributed by atoms with Crippen LogP contribution in [0.5, 0.6) is 0 Å². The van der Waals surface area contributed by atoms with Crippen molar-refractivity contribution in [3.63, 3.8) is 0 Å². The molecule has 140 valence electrons. The van der Waals surface area contributed by atoms with E-state index in [4.69, 9.17) is 9.84 Å². The standard InChI is InChI=1S/C19H34O5/c1-3-4-5-6-7-8-9-10-11-12-17(16(2)15-20)24-19(23)14-13-18(21)22/h13-14,16-17,20H,3-12,15H2,1-2H3,(H,21,22). The molecule has 0 aliphatic rings. The lowest BCUT2D eigenvalue weighted by atomic mass is 9.98. The number of aliphatic hydroxyl groups is 1. The van der Waals surface area contributed by atoms with Gasteiger partial charge >= 0.3 is 11.9 Å². The highest BCUT2D eigenvalue weighted by molar-refractivity contribution is 5.90. The van der Waals surface area contributed by atoms with E-state index in [0.717, 1.165) is 25.0 Å². The van der Waals surface area contributed by atoms with Crippen LogP contribution in [0.15, 0.2) is 12.2 Å². The second-order valence-corrected chi connectivity index (χ2v) is 6.42. The molecule has 0 aliphatic carbocycles. The number of rotatable bonds is 15. The van der Waals surface area contributed by atoms with Crippen LogP contribution in [0.4, 0.5) is 0 Å². The number of ether oxygens (including phenoxy) is 1. The van der Waals surface area contributed by atoms with Gasteiger partial charge in [0.2, 0.25) is 0 Å². The second-order valence-electron chi connectivity index (χ2n) is 6.42. The number of esters is 1. The van der Waals surface area contributed by atoms with Crippen LogP contribution in [-0.4, -0.2) is 34.9 Å². The monoisotopic (exact) mass is 342 g/mol. The lowest BCUT2D eigenvalue weighted by Crippen LogP contribution is -2.27. The minimum atomic E-state index is -1.18. The second kappa shape index (κ2) is 15.2. The van der Waals surface area contributed by atoms with E-state index in [9.17, 15) is 14.7 Å². The third-order valence-corrected chi connectivity index (χ3v) is 4.14. The van der Waals surface area contributed by atoms with Crippen molar-refractivity contribution in [2.45, 2.75) is 84.2 Å². The van der Waals surface area contributed by atoms with Crippen LogP contribution in [0.3, 0.4) is 0 Å². The minimum Gasteiger partial charge on any atom is -0.478 e. The van der Waals surface area contributed by atoms with Crippen LogP contribution in [0.1, 0.15) is 78.1 Å². The Hall–Kier alpha value is -1.36. The maximum atomic E-state index is 11.6. The summed E-state index contributed by atoms with van der Waals surface area (Å²) >= 11 is 0. The van der Waals surface area contributed by atoms with E-state index >= 15 is 0 Å². The number of unbranched alkanes of at least 4 members (excludes halogenated alkanes) is 8. The van der Waals surface area contributed by atoms with Crippen molar-refractivity contribution in [2.75, 3.05) is 6.61 Å². The molecule has 0 bridgehead atoms. The van der Waals surface area contributed by atoms with Gasteiger partial charge in [-0.15, -0.1) is 0 Å². The molecule has 0 amide bonds. The van der Waals surface area contributed by atoms with Gasteiger partial charge in [-0.05, 0) is 12.8 Å². The predicted octanol–water partition coefficient (Wildman–Crippen LogP) is 4.09. The zero-order chi connectivity index (χ0) is 18.2. The Labute approximate surface area is 146 Å². The van der Waals surface area contributed by atoms with Crippen LogP contribution in [-0.2, 0) is 14.3 Å². The molecule has 2 unspecified atom stereocenters. The number of aliphatic hydroxyl groups excluding tert-OH is 1. The largest absolute Gasteiger partial charge is 0.478 e. The predicted molar refractivity (Wildman–Crippen MR) is 94.7 cm³/mol. The Morgan fingerprint density at radius 2 is 1.50 bits per heavy atom. The number of carboxylic acid groups (broad SMARTS) is 1. The van der Waals surface area contributed by atoms with E-state index in [1.807, 2.05) is 6.92 Å². The summed E-state index contributed by atoms with van der Waals surface area (Å²) in [6.07, 6.45) is 13.0. The lowest BCUT2D eigenvalue weighted by molar-refractivity contribution is -0.147. The molecule has 24 heavy (non-hydrogen) atoms. The Balaban J connectivity index is 3.95. The third-order valence-electron chi connectivity index (χ3n) is 4.14. The molecule has 5 nitrogen and oxygen atoms in total. The lowest BCUT2D eigenvalue weighted by Gasteiger charge is -2.22. The van der Waals surface area contributed by atoms with Crippen molar-refractivity contribution in [1.82, 2.24) is 0 Å². The summed E-state index contributed by atoms with van der Waals surface area (Å²) in [6, 6.07) is 0. The summed E-state index contributed by atoms with van der Waals surface area (Å²) in [5.74, 6) is -2.00. The van der Waals surface area contributed by atoms with Crippen LogP contribution >= 0.6 is 0 Å². The Morgan fingerprint density at radius 1 is 0.958 bits per heavy atom. The highest BCUT2D eigenvalue weighted by Crippen LogP contribution is 2.17. The molecule has 2 N–H and O–H groups in total. The molecular formula is C19H34O5. The van der Waals surface area contributed by atoms with Gasteiger partial charge in [-0.1, -0.05) is 65.2 Å². The van der Waals surface area contributed by atoms with E-state index in [2.05, 4.69) is 6.92 Å². The van der Waals surface area contributed by atoms with Gasteiger partial charge in [0, 0.05) is 24.7 Å². The summed E-state index contributed by atoms with van der Waals surface area (Å²) in [5.41, 5.74) is 0. The molecule has 0 spiro atoms. The first-order valence-corrected chi connectivity index (χ1v) is 9.23. The van der Waals surface area contributed by atoms with Gasteiger partial charge in [0.05, 0.1) is 0 Å². The summed E-state index contributed by atoms with van der Waals surface area (Å²) in [7, 11) is 0. The van der Waals surface area contributed by atoms with Gasteiger partial charge in [0.15, 0.2) is 0 Å². The first-order chi connectivity index (χ1) is 11.5. The van der Waals surface area contributed by atoms with Crippen LogP contribution in [0.25, 0.3) is 0 Å². The molecule has 0 fully saturated rings. The average Bonchev–Trinajstić information content (AvgIpc) is 2.56.